The molecule has 1 aromatic heterocycles. The van der Waals surface area contributed by atoms with Crippen LogP contribution in [0.2, 0.25) is 10.0 Å². The first-order valence-corrected chi connectivity index (χ1v) is 9.97. The number of carbonyl (C=O) groups excluding carboxylic acids is 1. The molecule has 0 aliphatic carbocycles. The SMILES string of the molecule is CC(C)CN(Cc1nccn1Cc1cccc(Cl)c1)C(=O)c1ccc(Cl)cc1. The topological polar surface area (TPSA) is 38.1 Å². The minimum Gasteiger partial charge on any atom is -0.331 e. The van der Waals surface area contributed by atoms with Gasteiger partial charge in [0.2, 0.25) is 0 Å². The average Bonchev–Trinajstić information content (AvgIpc) is 3.07. The van der Waals surface area contributed by atoms with E-state index < -0.39 is 0 Å². The van der Waals surface area contributed by atoms with E-state index in [1.54, 1.807) is 30.5 Å². The summed E-state index contributed by atoms with van der Waals surface area (Å²) in [6.45, 7) is 5.93. The van der Waals surface area contributed by atoms with Crippen molar-refractivity contribution in [3.63, 3.8) is 0 Å². The summed E-state index contributed by atoms with van der Waals surface area (Å²) in [5.74, 6) is 1.15. The van der Waals surface area contributed by atoms with Gasteiger partial charge in [0, 0.05) is 41.1 Å². The fraction of sp³-hybridized carbons (Fsp3) is 0.273. The monoisotopic (exact) mass is 415 g/mol. The first-order valence-electron chi connectivity index (χ1n) is 9.21. The van der Waals surface area contributed by atoms with Crippen LogP contribution >= 0.6 is 23.2 Å². The number of halogens is 2. The summed E-state index contributed by atoms with van der Waals surface area (Å²) in [5, 5.41) is 1.32. The number of amides is 1. The summed E-state index contributed by atoms with van der Waals surface area (Å²) in [6, 6.07) is 14.8. The summed E-state index contributed by atoms with van der Waals surface area (Å²) in [4.78, 5) is 19.4. The van der Waals surface area contributed by atoms with Crippen molar-refractivity contribution in [2.75, 3.05) is 6.54 Å². The third-order valence-electron chi connectivity index (χ3n) is 4.34. The van der Waals surface area contributed by atoms with Crippen molar-refractivity contribution < 1.29 is 4.79 Å². The molecule has 0 unspecified atom stereocenters. The van der Waals surface area contributed by atoms with Gasteiger partial charge in [-0.05, 0) is 47.9 Å². The maximum atomic E-state index is 13.1. The lowest BCUT2D eigenvalue weighted by molar-refractivity contribution is 0.0716. The van der Waals surface area contributed by atoms with E-state index in [4.69, 9.17) is 23.2 Å². The number of rotatable bonds is 7. The number of benzene rings is 2. The Morgan fingerprint density at radius 1 is 1.11 bits per heavy atom. The Morgan fingerprint density at radius 3 is 2.54 bits per heavy atom. The van der Waals surface area contributed by atoms with Gasteiger partial charge in [-0.2, -0.15) is 0 Å². The lowest BCUT2D eigenvalue weighted by Gasteiger charge is -2.25. The molecule has 0 aliphatic heterocycles. The van der Waals surface area contributed by atoms with Gasteiger partial charge in [-0.3, -0.25) is 4.79 Å². The zero-order chi connectivity index (χ0) is 20.1. The summed E-state index contributed by atoms with van der Waals surface area (Å²) in [6.07, 6.45) is 3.69. The normalized spacial score (nSPS) is 11.0. The molecule has 0 saturated carbocycles. The smallest absolute Gasteiger partial charge is 0.254 e. The van der Waals surface area contributed by atoms with E-state index in [9.17, 15) is 4.79 Å². The largest absolute Gasteiger partial charge is 0.331 e. The number of aromatic nitrogens is 2. The standard InChI is InChI=1S/C22H23Cl2N3O/c1-16(2)13-27(22(28)18-6-8-19(23)9-7-18)15-21-25-10-11-26(21)14-17-4-3-5-20(24)12-17/h3-12,16H,13-15H2,1-2H3. The molecule has 146 valence electrons. The van der Waals surface area contributed by atoms with E-state index in [2.05, 4.69) is 18.8 Å². The van der Waals surface area contributed by atoms with Crippen molar-refractivity contribution in [1.82, 2.24) is 14.5 Å². The number of carbonyl (C=O) groups is 1. The molecule has 0 atom stereocenters. The minimum absolute atomic E-state index is 0.0253. The highest BCUT2D eigenvalue weighted by Gasteiger charge is 2.19. The summed E-state index contributed by atoms with van der Waals surface area (Å²) in [7, 11) is 0. The van der Waals surface area contributed by atoms with Crippen molar-refractivity contribution >= 4 is 29.1 Å². The second-order valence-corrected chi connectivity index (χ2v) is 8.06. The molecule has 28 heavy (non-hydrogen) atoms. The molecule has 0 spiro atoms. The first kappa shape index (κ1) is 20.4. The number of hydrogen-bond donors (Lipinski definition) is 0. The summed E-state index contributed by atoms with van der Waals surface area (Å²) >= 11 is 12.1. The number of hydrogen-bond acceptors (Lipinski definition) is 2. The second kappa shape index (κ2) is 9.26. The van der Waals surface area contributed by atoms with E-state index in [1.165, 1.54) is 0 Å². The molecule has 3 rings (SSSR count). The van der Waals surface area contributed by atoms with Crippen LogP contribution in [0.25, 0.3) is 0 Å². The molecule has 0 radical (unpaired) electrons. The van der Waals surface area contributed by atoms with Crippen LogP contribution in [0.3, 0.4) is 0 Å². The quantitative estimate of drug-likeness (QED) is 0.508. The zero-order valence-corrected chi connectivity index (χ0v) is 17.5. The maximum Gasteiger partial charge on any atom is 0.254 e. The Balaban J connectivity index is 1.81. The Morgan fingerprint density at radius 2 is 1.86 bits per heavy atom. The van der Waals surface area contributed by atoms with Crippen molar-refractivity contribution in [1.29, 1.82) is 0 Å². The molecule has 0 saturated heterocycles. The molecule has 1 heterocycles. The molecule has 0 N–H and O–H groups in total. The lowest BCUT2D eigenvalue weighted by Crippen LogP contribution is -2.34. The van der Waals surface area contributed by atoms with Crippen molar-refractivity contribution in [2.24, 2.45) is 5.92 Å². The van der Waals surface area contributed by atoms with E-state index >= 15 is 0 Å². The van der Waals surface area contributed by atoms with Crippen LogP contribution in [0, 0.1) is 5.92 Å². The van der Waals surface area contributed by atoms with Gasteiger partial charge in [-0.1, -0.05) is 49.2 Å². The summed E-state index contributed by atoms with van der Waals surface area (Å²) in [5.41, 5.74) is 1.71. The van der Waals surface area contributed by atoms with Crippen molar-refractivity contribution in [3.8, 4) is 0 Å². The molecule has 6 heteroatoms. The molecule has 2 aromatic carbocycles. The van der Waals surface area contributed by atoms with Gasteiger partial charge in [0.25, 0.3) is 5.91 Å². The number of nitrogens with zero attached hydrogens (tertiary/aromatic N) is 3. The van der Waals surface area contributed by atoms with Gasteiger partial charge in [0.15, 0.2) is 0 Å². The molecular weight excluding hydrogens is 393 g/mol. The van der Waals surface area contributed by atoms with Gasteiger partial charge in [-0.15, -0.1) is 0 Å². The Hall–Kier alpha value is -2.30. The van der Waals surface area contributed by atoms with Crippen LogP contribution in [0.1, 0.15) is 35.6 Å². The maximum absolute atomic E-state index is 13.1. The van der Waals surface area contributed by atoms with Gasteiger partial charge in [0.1, 0.15) is 5.82 Å². The average molecular weight is 416 g/mol. The highest BCUT2D eigenvalue weighted by atomic mass is 35.5. The molecule has 1 amide bonds. The Kier molecular flexibility index (Phi) is 6.76. The van der Waals surface area contributed by atoms with Crippen LogP contribution in [0.4, 0.5) is 0 Å². The Labute approximate surface area is 175 Å². The lowest BCUT2D eigenvalue weighted by atomic mass is 10.1. The predicted octanol–water partition coefficient (Wildman–Crippen LogP) is 5.54. The van der Waals surface area contributed by atoms with E-state index in [0.717, 1.165) is 11.4 Å². The van der Waals surface area contributed by atoms with E-state index in [0.29, 0.717) is 41.2 Å². The molecular formula is C22H23Cl2N3O. The van der Waals surface area contributed by atoms with Gasteiger partial charge < -0.3 is 9.47 Å². The van der Waals surface area contributed by atoms with E-state index in [1.807, 2.05) is 39.9 Å². The van der Waals surface area contributed by atoms with Gasteiger partial charge in [0.05, 0.1) is 6.54 Å². The van der Waals surface area contributed by atoms with Crippen LogP contribution in [-0.2, 0) is 13.1 Å². The fourth-order valence-corrected chi connectivity index (χ4v) is 3.41. The minimum atomic E-state index is -0.0253. The van der Waals surface area contributed by atoms with Crippen LogP contribution in [-0.4, -0.2) is 26.9 Å². The number of imidazole rings is 1. The summed E-state index contributed by atoms with van der Waals surface area (Å²) < 4.78 is 2.05. The third kappa shape index (κ3) is 5.37. The fourth-order valence-electron chi connectivity index (χ4n) is 3.07. The van der Waals surface area contributed by atoms with Crippen LogP contribution < -0.4 is 0 Å². The zero-order valence-electron chi connectivity index (χ0n) is 16.0. The molecule has 0 aliphatic rings. The molecule has 0 fully saturated rings. The highest BCUT2D eigenvalue weighted by Crippen LogP contribution is 2.17. The molecule has 3 aromatic rings. The van der Waals surface area contributed by atoms with Crippen LogP contribution in [0.15, 0.2) is 60.9 Å². The Bertz CT molecular complexity index is 935. The van der Waals surface area contributed by atoms with Crippen molar-refractivity contribution in [2.45, 2.75) is 26.9 Å². The van der Waals surface area contributed by atoms with Gasteiger partial charge in [-0.25, -0.2) is 4.98 Å². The molecule has 0 bridgehead atoms. The molecule has 4 nitrogen and oxygen atoms in total. The second-order valence-electron chi connectivity index (χ2n) is 7.19. The third-order valence-corrected chi connectivity index (χ3v) is 4.83. The van der Waals surface area contributed by atoms with Crippen molar-refractivity contribution in [3.05, 3.63) is 87.9 Å². The van der Waals surface area contributed by atoms with Crippen LogP contribution in [0.5, 0.6) is 0 Å². The predicted molar refractivity (Wildman–Crippen MR) is 114 cm³/mol. The highest BCUT2D eigenvalue weighted by molar-refractivity contribution is 6.30. The van der Waals surface area contributed by atoms with Gasteiger partial charge >= 0.3 is 0 Å². The first-order chi connectivity index (χ1) is 13.4. The van der Waals surface area contributed by atoms with E-state index in [-0.39, 0.29) is 5.91 Å².